The zero-order chi connectivity index (χ0) is 17.0. The first-order valence-corrected chi connectivity index (χ1v) is 9.75. The molecule has 0 N–H and O–H groups in total. The first-order chi connectivity index (χ1) is 11.3. The van der Waals surface area contributed by atoms with E-state index in [2.05, 4.69) is 25.7 Å². The van der Waals surface area contributed by atoms with E-state index in [1.807, 2.05) is 0 Å². The summed E-state index contributed by atoms with van der Waals surface area (Å²) in [6.07, 6.45) is 24.2. The van der Waals surface area contributed by atoms with E-state index in [4.69, 9.17) is 4.74 Å². The summed E-state index contributed by atoms with van der Waals surface area (Å²) < 4.78 is 4.90. The van der Waals surface area contributed by atoms with E-state index in [9.17, 15) is 4.79 Å². The van der Waals surface area contributed by atoms with Gasteiger partial charge in [-0.15, -0.1) is 0 Å². The average molecular weight is 323 g/mol. The van der Waals surface area contributed by atoms with E-state index in [0.717, 1.165) is 12.8 Å². The third kappa shape index (κ3) is 18.9. The van der Waals surface area contributed by atoms with Gasteiger partial charge in [0, 0.05) is 6.08 Å². The topological polar surface area (TPSA) is 26.3 Å². The van der Waals surface area contributed by atoms with Crippen molar-refractivity contribution in [2.75, 3.05) is 6.61 Å². The number of carbonyl (C=O) groups is 1. The van der Waals surface area contributed by atoms with Crippen LogP contribution in [-0.4, -0.2) is 12.6 Å². The van der Waals surface area contributed by atoms with Gasteiger partial charge in [0.05, 0.1) is 6.61 Å². The molecule has 0 spiro atoms. The number of esters is 1. The Morgan fingerprint density at radius 2 is 1.26 bits per heavy atom. The van der Waals surface area contributed by atoms with E-state index >= 15 is 0 Å². The lowest BCUT2D eigenvalue weighted by Gasteiger charge is -2.02. The fourth-order valence-electron chi connectivity index (χ4n) is 2.63. The Morgan fingerprint density at radius 1 is 0.783 bits per heavy atom. The van der Waals surface area contributed by atoms with Gasteiger partial charge in [-0.05, 0) is 19.3 Å². The summed E-state index contributed by atoms with van der Waals surface area (Å²) in [5.74, 6) is -0.334. The van der Waals surface area contributed by atoms with Gasteiger partial charge in [0.25, 0.3) is 0 Å². The van der Waals surface area contributed by atoms with Crippen molar-refractivity contribution in [3.63, 3.8) is 0 Å². The zero-order valence-electron chi connectivity index (χ0n) is 15.4. The molecule has 0 amide bonds. The fourth-order valence-corrected chi connectivity index (χ4v) is 2.63. The van der Waals surface area contributed by atoms with Crippen LogP contribution >= 0.6 is 0 Å². The van der Waals surface area contributed by atoms with Crippen molar-refractivity contribution in [2.45, 2.75) is 96.8 Å². The van der Waals surface area contributed by atoms with Crippen molar-refractivity contribution < 1.29 is 9.53 Å². The lowest BCUT2D eigenvalue weighted by molar-refractivity contribution is -0.137. The van der Waals surface area contributed by atoms with Gasteiger partial charge in [-0.2, -0.15) is 0 Å². The highest BCUT2D eigenvalue weighted by molar-refractivity contribution is 5.81. The largest absolute Gasteiger partial charge is 0.462 e. The molecule has 134 valence electrons. The van der Waals surface area contributed by atoms with Crippen LogP contribution < -0.4 is 0 Å². The van der Waals surface area contributed by atoms with Crippen molar-refractivity contribution in [3.8, 4) is 0 Å². The molecule has 0 heterocycles. The molecule has 0 unspecified atom stereocenters. The molecule has 0 saturated carbocycles. The molecule has 0 aromatic rings. The SMILES string of the molecule is C=CC(=O)OCC/C=C/CCCCCCCCCCCCCC. The van der Waals surface area contributed by atoms with Crippen LogP contribution in [0, 0.1) is 0 Å². The normalized spacial score (nSPS) is 11.0. The molecule has 23 heavy (non-hydrogen) atoms. The quantitative estimate of drug-likeness (QED) is 0.128. The summed E-state index contributed by atoms with van der Waals surface area (Å²) in [5.41, 5.74) is 0. The Bertz CT molecular complexity index is 294. The minimum Gasteiger partial charge on any atom is -0.462 e. The van der Waals surface area contributed by atoms with Crippen molar-refractivity contribution in [3.05, 3.63) is 24.8 Å². The number of carbonyl (C=O) groups excluding carboxylic acids is 1. The Morgan fingerprint density at radius 3 is 1.78 bits per heavy atom. The Balaban J connectivity index is 3.10. The van der Waals surface area contributed by atoms with E-state index in [1.54, 1.807) is 0 Å². The Hall–Kier alpha value is -1.05. The van der Waals surface area contributed by atoms with Crippen LogP contribution in [-0.2, 0) is 9.53 Å². The second-order valence-corrected chi connectivity index (χ2v) is 6.31. The second kappa shape index (κ2) is 19.0. The van der Waals surface area contributed by atoms with Crippen molar-refractivity contribution in [1.82, 2.24) is 0 Å². The predicted octanol–water partition coefficient (Wildman–Crippen LogP) is 6.75. The summed E-state index contributed by atoms with van der Waals surface area (Å²) in [5, 5.41) is 0. The van der Waals surface area contributed by atoms with E-state index in [0.29, 0.717) is 6.61 Å². The number of unbranched alkanes of at least 4 members (excludes halogenated alkanes) is 12. The van der Waals surface area contributed by atoms with Crippen molar-refractivity contribution in [2.24, 2.45) is 0 Å². The Labute approximate surface area is 144 Å². The number of ether oxygens (including phenoxy) is 1. The molecular formula is C21H38O2. The van der Waals surface area contributed by atoms with Crippen LogP contribution in [0.4, 0.5) is 0 Å². The predicted molar refractivity (Wildman–Crippen MR) is 101 cm³/mol. The monoisotopic (exact) mass is 322 g/mol. The van der Waals surface area contributed by atoms with Gasteiger partial charge in [0.1, 0.15) is 0 Å². The maximum absolute atomic E-state index is 10.8. The molecule has 0 rings (SSSR count). The van der Waals surface area contributed by atoms with Gasteiger partial charge in [0.2, 0.25) is 0 Å². The number of hydrogen-bond donors (Lipinski definition) is 0. The smallest absolute Gasteiger partial charge is 0.330 e. The number of allylic oxidation sites excluding steroid dienone is 1. The third-order valence-electron chi connectivity index (χ3n) is 4.09. The van der Waals surface area contributed by atoms with Crippen LogP contribution in [0.1, 0.15) is 96.8 Å². The molecule has 0 aromatic heterocycles. The molecule has 0 aliphatic carbocycles. The highest BCUT2D eigenvalue weighted by atomic mass is 16.5. The fraction of sp³-hybridized carbons (Fsp3) is 0.762. The third-order valence-corrected chi connectivity index (χ3v) is 4.09. The van der Waals surface area contributed by atoms with Crippen LogP contribution in [0.5, 0.6) is 0 Å². The van der Waals surface area contributed by atoms with Gasteiger partial charge < -0.3 is 4.74 Å². The maximum Gasteiger partial charge on any atom is 0.330 e. The van der Waals surface area contributed by atoms with Crippen molar-refractivity contribution >= 4 is 5.97 Å². The molecule has 0 saturated heterocycles. The molecule has 0 aliphatic heterocycles. The molecule has 0 aromatic carbocycles. The molecule has 0 bridgehead atoms. The Kier molecular flexibility index (Phi) is 18.1. The summed E-state index contributed by atoms with van der Waals surface area (Å²) in [6.45, 7) is 6.10. The second-order valence-electron chi connectivity index (χ2n) is 6.31. The first-order valence-electron chi connectivity index (χ1n) is 9.75. The van der Waals surface area contributed by atoms with Gasteiger partial charge in [-0.3, -0.25) is 0 Å². The maximum atomic E-state index is 10.8. The molecule has 0 aliphatic rings. The van der Waals surface area contributed by atoms with Crippen LogP contribution in [0.25, 0.3) is 0 Å². The van der Waals surface area contributed by atoms with Crippen LogP contribution in [0.3, 0.4) is 0 Å². The summed E-state index contributed by atoms with van der Waals surface area (Å²) in [6, 6.07) is 0. The summed E-state index contributed by atoms with van der Waals surface area (Å²) in [7, 11) is 0. The van der Waals surface area contributed by atoms with Gasteiger partial charge >= 0.3 is 5.97 Å². The molecule has 0 fully saturated rings. The molecule has 0 radical (unpaired) electrons. The molecule has 2 heteroatoms. The lowest BCUT2D eigenvalue weighted by Crippen LogP contribution is -2.00. The molecule has 0 atom stereocenters. The van der Waals surface area contributed by atoms with Gasteiger partial charge in [-0.25, -0.2) is 4.79 Å². The highest BCUT2D eigenvalue weighted by Crippen LogP contribution is 2.12. The number of rotatable bonds is 17. The average Bonchev–Trinajstić information content (AvgIpc) is 2.57. The molecular weight excluding hydrogens is 284 g/mol. The van der Waals surface area contributed by atoms with Gasteiger partial charge in [0.15, 0.2) is 0 Å². The van der Waals surface area contributed by atoms with E-state index < -0.39 is 0 Å². The minimum atomic E-state index is -0.334. The molecule has 2 nitrogen and oxygen atoms in total. The summed E-state index contributed by atoms with van der Waals surface area (Å²) in [4.78, 5) is 10.8. The number of hydrogen-bond acceptors (Lipinski definition) is 2. The highest BCUT2D eigenvalue weighted by Gasteiger charge is 1.93. The van der Waals surface area contributed by atoms with E-state index in [1.165, 1.54) is 83.1 Å². The van der Waals surface area contributed by atoms with Crippen LogP contribution in [0.2, 0.25) is 0 Å². The lowest BCUT2D eigenvalue weighted by atomic mass is 10.0. The van der Waals surface area contributed by atoms with Gasteiger partial charge in [-0.1, -0.05) is 96.3 Å². The van der Waals surface area contributed by atoms with E-state index in [-0.39, 0.29) is 5.97 Å². The summed E-state index contributed by atoms with van der Waals surface area (Å²) >= 11 is 0. The van der Waals surface area contributed by atoms with Crippen molar-refractivity contribution in [1.29, 1.82) is 0 Å². The zero-order valence-corrected chi connectivity index (χ0v) is 15.4. The first kappa shape index (κ1) is 21.9. The van der Waals surface area contributed by atoms with Crippen LogP contribution in [0.15, 0.2) is 24.8 Å². The minimum absolute atomic E-state index is 0.334. The standard InChI is InChI=1S/C21H38O2/c1-3-5-6-7-8-9-10-11-12-13-14-15-16-17-18-19-20-23-21(22)4-2/h4,17-18H,2-3,5-16,19-20H2,1H3/b18-17+.